The first-order chi connectivity index (χ1) is 10.8. The minimum atomic E-state index is -3.74. The van der Waals surface area contributed by atoms with Crippen LogP contribution in [-0.4, -0.2) is 20.4 Å². The lowest BCUT2D eigenvalue weighted by atomic mass is 10.2. The minimum absolute atomic E-state index is 0.00963. The lowest BCUT2D eigenvalue weighted by Crippen LogP contribution is -2.30. The van der Waals surface area contributed by atoms with Crippen LogP contribution in [0.3, 0.4) is 0 Å². The summed E-state index contributed by atoms with van der Waals surface area (Å²) in [5.74, 6) is -0.244. The van der Waals surface area contributed by atoms with Crippen LogP contribution in [0.2, 0.25) is 5.02 Å². The van der Waals surface area contributed by atoms with Gasteiger partial charge in [-0.05, 0) is 56.3 Å². The number of hydrogen-bond donors (Lipinski definition) is 2. The summed E-state index contributed by atoms with van der Waals surface area (Å²) in [5, 5.41) is 3.18. The summed E-state index contributed by atoms with van der Waals surface area (Å²) in [6.45, 7) is 3.71. The monoisotopic (exact) mass is 352 g/mol. The van der Waals surface area contributed by atoms with Crippen LogP contribution in [0.1, 0.15) is 24.2 Å². The van der Waals surface area contributed by atoms with Crippen molar-refractivity contribution in [2.75, 3.05) is 4.72 Å². The summed E-state index contributed by atoms with van der Waals surface area (Å²) < 4.78 is 27.1. The highest BCUT2D eigenvalue weighted by Gasteiger charge is 2.15. The Morgan fingerprint density at radius 1 is 1.09 bits per heavy atom. The van der Waals surface area contributed by atoms with Crippen molar-refractivity contribution < 1.29 is 13.2 Å². The molecule has 5 nitrogen and oxygen atoms in total. The van der Waals surface area contributed by atoms with Gasteiger partial charge >= 0.3 is 0 Å². The van der Waals surface area contributed by atoms with Crippen molar-refractivity contribution in [3.8, 4) is 0 Å². The highest BCUT2D eigenvalue weighted by molar-refractivity contribution is 7.92. The summed E-state index contributed by atoms with van der Waals surface area (Å²) in [6.07, 6.45) is 0. The lowest BCUT2D eigenvalue weighted by molar-refractivity contribution is 0.0943. The van der Waals surface area contributed by atoms with E-state index in [0.29, 0.717) is 16.3 Å². The van der Waals surface area contributed by atoms with Gasteiger partial charge in [0.1, 0.15) is 0 Å². The van der Waals surface area contributed by atoms with Gasteiger partial charge in [0.15, 0.2) is 0 Å². The van der Waals surface area contributed by atoms with Gasteiger partial charge in [0.2, 0.25) is 0 Å². The Labute approximate surface area is 140 Å². The number of nitrogens with one attached hydrogen (secondary N) is 2. The highest BCUT2D eigenvalue weighted by atomic mass is 35.5. The third-order valence-corrected chi connectivity index (χ3v) is 4.56. The van der Waals surface area contributed by atoms with Crippen LogP contribution in [0.5, 0.6) is 0 Å². The Morgan fingerprint density at radius 2 is 1.74 bits per heavy atom. The molecule has 122 valence electrons. The number of halogens is 1. The number of amides is 1. The van der Waals surface area contributed by atoms with Gasteiger partial charge in [0.05, 0.1) is 10.6 Å². The van der Waals surface area contributed by atoms with E-state index in [-0.39, 0.29) is 16.8 Å². The van der Waals surface area contributed by atoms with Crippen LogP contribution in [0.4, 0.5) is 5.69 Å². The summed E-state index contributed by atoms with van der Waals surface area (Å²) >= 11 is 5.84. The first-order valence-corrected chi connectivity index (χ1v) is 8.83. The first kappa shape index (κ1) is 17.3. The molecule has 2 N–H and O–H groups in total. The molecule has 0 saturated heterocycles. The van der Waals surface area contributed by atoms with Gasteiger partial charge in [-0.1, -0.05) is 17.7 Å². The van der Waals surface area contributed by atoms with Gasteiger partial charge in [-0.15, -0.1) is 0 Å². The zero-order valence-electron chi connectivity index (χ0n) is 12.7. The van der Waals surface area contributed by atoms with E-state index in [9.17, 15) is 13.2 Å². The van der Waals surface area contributed by atoms with Crippen LogP contribution in [0.25, 0.3) is 0 Å². The number of benzene rings is 2. The maximum absolute atomic E-state index is 12.3. The van der Waals surface area contributed by atoms with Crippen molar-refractivity contribution in [3.63, 3.8) is 0 Å². The SMILES string of the molecule is CC(C)NC(=O)c1ccc(S(=O)(=O)Nc2cccc(Cl)c2)cc1. The number of carbonyl (C=O) groups is 1. The summed E-state index contributed by atoms with van der Waals surface area (Å²) in [6, 6.07) is 12.2. The molecule has 0 fully saturated rings. The average Bonchev–Trinajstić information content (AvgIpc) is 2.46. The van der Waals surface area contributed by atoms with Crippen molar-refractivity contribution in [2.24, 2.45) is 0 Å². The topological polar surface area (TPSA) is 75.3 Å². The fourth-order valence-corrected chi connectivity index (χ4v) is 3.14. The van der Waals surface area contributed by atoms with Gasteiger partial charge in [-0.2, -0.15) is 0 Å². The molecule has 0 unspecified atom stereocenters. The lowest BCUT2D eigenvalue weighted by Gasteiger charge is -2.10. The molecule has 0 bridgehead atoms. The molecule has 0 heterocycles. The summed E-state index contributed by atoms with van der Waals surface area (Å²) in [5.41, 5.74) is 0.777. The zero-order chi connectivity index (χ0) is 17.0. The standard InChI is InChI=1S/C16H17ClN2O3S/c1-11(2)18-16(20)12-6-8-15(9-7-12)23(21,22)19-14-5-3-4-13(17)10-14/h3-11,19H,1-2H3,(H,18,20). The maximum atomic E-state index is 12.3. The predicted molar refractivity (Wildman–Crippen MR) is 91.3 cm³/mol. The average molecular weight is 353 g/mol. The van der Waals surface area contributed by atoms with E-state index in [1.807, 2.05) is 13.8 Å². The molecule has 1 amide bonds. The summed E-state index contributed by atoms with van der Waals surface area (Å²) in [4.78, 5) is 11.9. The second-order valence-electron chi connectivity index (χ2n) is 5.27. The Morgan fingerprint density at radius 3 is 2.30 bits per heavy atom. The smallest absolute Gasteiger partial charge is 0.261 e. The van der Waals surface area contributed by atoms with Crippen LogP contribution in [0.15, 0.2) is 53.4 Å². The second-order valence-corrected chi connectivity index (χ2v) is 7.39. The molecule has 0 aliphatic heterocycles. The van der Waals surface area contributed by atoms with E-state index in [1.165, 1.54) is 30.3 Å². The Balaban J connectivity index is 2.19. The van der Waals surface area contributed by atoms with Crippen molar-refractivity contribution >= 4 is 33.2 Å². The summed E-state index contributed by atoms with van der Waals surface area (Å²) in [7, 11) is -3.74. The fourth-order valence-electron chi connectivity index (χ4n) is 1.90. The first-order valence-electron chi connectivity index (χ1n) is 6.97. The number of sulfonamides is 1. The zero-order valence-corrected chi connectivity index (χ0v) is 14.3. The van der Waals surface area contributed by atoms with Gasteiger partial charge in [-0.25, -0.2) is 8.42 Å². The quantitative estimate of drug-likeness (QED) is 0.867. The third-order valence-electron chi connectivity index (χ3n) is 2.92. The van der Waals surface area contributed by atoms with Gasteiger partial charge in [0.25, 0.3) is 15.9 Å². The normalized spacial score (nSPS) is 11.3. The molecule has 0 aliphatic rings. The molecular weight excluding hydrogens is 336 g/mol. The maximum Gasteiger partial charge on any atom is 0.261 e. The molecule has 0 aromatic heterocycles. The Hall–Kier alpha value is -2.05. The largest absolute Gasteiger partial charge is 0.350 e. The molecule has 2 aromatic rings. The predicted octanol–water partition coefficient (Wildman–Crippen LogP) is 3.28. The van der Waals surface area contributed by atoms with Gasteiger partial charge in [-0.3, -0.25) is 9.52 Å². The van der Waals surface area contributed by atoms with E-state index in [0.717, 1.165) is 0 Å². The van der Waals surface area contributed by atoms with E-state index < -0.39 is 10.0 Å². The van der Waals surface area contributed by atoms with Gasteiger partial charge < -0.3 is 5.32 Å². The van der Waals surface area contributed by atoms with Crippen LogP contribution in [-0.2, 0) is 10.0 Å². The van der Waals surface area contributed by atoms with Crippen molar-refractivity contribution in [1.29, 1.82) is 0 Å². The van der Waals surface area contributed by atoms with E-state index in [1.54, 1.807) is 18.2 Å². The Bertz CT molecular complexity index is 802. The Kier molecular flexibility index (Phi) is 5.28. The molecule has 0 aliphatic carbocycles. The van der Waals surface area contributed by atoms with E-state index >= 15 is 0 Å². The highest BCUT2D eigenvalue weighted by Crippen LogP contribution is 2.19. The molecule has 2 aromatic carbocycles. The van der Waals surface area contributed by atoms with Crippen molar-refractivity contribution in [1.82, 2.24) is 5.32 Å². The molecule has 0 spiro atoms. The minimum Gasteiger partial charge on any atom is -0.350 e. The molecule has 0 radical (unpaired) electrons. The second kappa shape index (κ2) is 7.02. The molecule has 0 atom stereocenters. The van der Waals surface area contributed by atoms with Crippen molar-refractivity contribution in [2.45, 2.75) is 24.8 Å². The number of anilines is 1. The van der Waals surface area contributed by atoms with E-state index in [4.69, 9.17) is 11.6 Å². The van der Waals surface area contributed by atoms with E-state index in [2.05, 4.69) is 10.0 Å². The van der Waals surface area contributed by atoms with Crippen molar-refractivity contribution in [3.05, 3.63) is 59.1 Å². The molecular formula is C16H17ClN2O3S. The fraction of sp³-hybridized carbons (Fsp3) is 0.188. The van der Waals surface area contributed by atoms with Gasteiger partial charge in [0, 0.05) is 16.6 Å². The van der Waals surface area contributed by atoms with Crippen LogP contribution < -0.4 is 10.0 Å². The third kappa shape index (κ3) is 4.71. The molecule has 23 heavy (non-hydrogen) atoms. The number of rotatable bonds is 5. The molecule has 2 rings (SSSR count). The van der Waals surface area contributed by atoms with Crippen LogP contribution >= 0.6 is 11.6 Å². The molecule has 0 saturated carbocycles. The van der Waals surface area contributed by atoms with Crippen LogP contribution in [0, 0.1) is 0 Å². The molecule has 7 heteroatoms. The number of hydrogen-bond acceptors (Lipinski definition) is 3. The number of carbonyl (C=O) groups excluding carboxylic acids is 1.